The zero-order valence-corrected chi connectivity index (χ0v) is 12.0. The molecule has 0 fully saturated rings. The van der Waals surface area contributed by atoms with E-state index in [1.54, 1.807) is 38.1 Å². The van der Waals surface area contributed by atoms with Crippen LogP contribution in [-0.4, -0.2) is 29.9 Å². The van der Waals surface area contributed by atoms with Crippen molar-refractivity contribution in [3.8, 4) is 0 Å². The Kier molecular flexibility index (Phi) is 5.34. The number of alkyl halides is 3. The minimum absolute atomic E-state index is 0.188. The van der Waals surface area contributed by atoms with Gasteiger partial charge in [0.25, 0.3) is 0 Å². The molecule has 1 aromatic rings. The second-order valence-electron chi connectivity index (χ2n) is 5.00. The van der Waals surface area contributed by atoms with Gasteiger partial charge in [0.2, 0.25) is 5.91 Å². The summed E-state index contributed by atoms with van der Waals surface area (Å²) in [6, 6.07) is 6.37. The molecule has 0 atom stereocenters. The quantitative estimate of drug-likeness (QED) is 0.929. The van der Waals surface area contributed by atoms with E-state index in [9.17, 15) is 22.8 Å². The predicted molar refractivity (Wildman–Crippen MR) is 72.4 cm³/mol. The number of benzene rings is 1. The third-order valence-electron chi connectivity index (χ3n) is 2.73. The molecule has 0 unspecified atom stereocenters. The van der Waals surface area contributed by atoms with Crippen molar-refractivity contribution in [2.24, 2.45) is 5.92 Å². The Morgan fingerprint density at radius 1 is 1.29 bits per heavy atom. The van der Waals surface area contributed by atoms with Gasteiger partial charge in [-0.05, 0) is 17.7 Å². The summed E-state index contributed by atoms with van der Waals surface area (Å²) in [7, 11) is 1.08. The van der Waals surface area contributed by atoms with Crippen molar-refractivity contribution < 1.29 is 22.8 Å². The fraction of sp³-hybridized carbons (Fsp3) is 0.429. The number of nitrogens with zero attached hydrogens (tertiary/aromatic N) is 1. The molecule has 0 aliphatic heterocycles. The number of halogens is 3. The maximum Gasteiger partial charge on any atom is 0.471 e. The van der Waals surface area contributed by atoms with Crippen LogP contribution in [0.25, 0.3) is 0 Å². The topological polar surface area (TPSA) is 49.4 Å². The van der Waals surface area contributed by atoms with E-state index in [1.165, 1.54) is 0 Å². The lowest BCUT2D eigenvalue weighted by Gasteiger charge is -2.19. The minimum atomic E-state index is -4.89. The van der Waals surface area contributed by atoms with Crippen LogP contribution in [-0.2, 0) is 16.1 Å². The average Bonchev–Trinajstić information content (AvgIpc) is 2.36. The van der Waals surface area contributed by atoms with E-state index < -0.39 is 12.1 Å². The molecule has 0 heterocycles. The maximum absolute atomic E-state index is 12.3. The summed E-state index contributed by atoms with van der Waals surface area (Å²) >= 11 is 0. The maximum atomic E-state index is 12.3. The van der Waals surface area contributed by atoms with Gasteiger partial charge in [-0.25, -0.2) is 0 Å². The monoisotopic (exact) mass is 302 g/mol. The van der Waals surface area contributed by atoms with Gasteiger partial charge in [-0.2, -0.15) is 13.2 Å². The van der Waals surface area contributed by atoms with Gasteiger partial charge in [-0.1, -0.05) is 26.0 Å². The van der Waals surface area contributed by atoms with Gasteiger partial charge < -0.3 is 10.2 Å². The molecule has 0 radical (unpaired) electrons. The average molecular weight is 302 g/mol. The Morgan fingerprint density at radius 3 is 2.43 bits per heavy atom. The Balaban J connectivity index is 2.77. The molecule has 0 saturated heterocycles. The molecule has 2 amide bonds. The standard InChI is InChI=1S/C14H17F3N2O2/c1-9(2)12(20)18-11-6-4-5-10(7-11)8-19(3)13(21)14(15,16)17/h4-7,9H,8H2,1-3H3,(H,18,20). The molecule has 1 aromatic carbocycles. The fourth-order valence-corrected chi connectivity index (χ4v) is 1.60. The van der Waals surface area contributed by atoms with E-state index in [2.05, 4.69) is 5.32 Å². The number of hydrogen-bond acceptors (Lipinski definition) is 2. The van der Waals surface area contributed by atoms with E-state index in [1.807, 2.05) is 0 Å². The first-order valence-corrected chi connectivity index (χ1v) is 6.33. The largest absolute Gasteiger partial charge is 0.471 e. The number of carbonyl (C=O) groups excluding carboxylic acids is 2. The smallest absolute Gasteiger partial charge is 0.334 e. The first-order chi connectivity index (χ1) is 9.61. The summed E-state index contributed by atoms with van der Waals surface area (Å²) < 4.78 is 36.9. The Morgan fingerprint density at radius 2 is 1.90 bits per heavy atom. The molecule has 0 saturated carbocycles. The summed E-state index contributed by atoms with van der Waals surface area (Å²) in [5, 5.41) is 2.65. The number of rotatable bonds is 4. The summed E-state index contributed by atoms with van der Waals surface area (Å²) in [6.07, 6.45) is -4.89. The Labute approximate surface area is 120 Å². The van der Waals surface area contributed by atoms with Gasteiger partial charge in [0.05, 0.1) is 0 Å². The van der Waals surface area contributed by atoms with Crippen molar-refractivity contribution in [1.82, 2.24) is 4.90 Å². The van der Waals surface area contributed by atoms with Crippen molar-refractivity contribution >= 4 is 17.5 Å². The molecular formula is C14H17F3N2O2. The molecule has 21 heavy (non-hydrogen) atoms. The van der Waals surface area contributed by atoms with Crippen LogP contribution in [0.3, 0.4) is 0 Å². The summed E-state index contributed by atoms with van der Waals surface area (Å²) in [4.78, 5) is 23.2. The molecule has 116 valence electrons. The SMILES string of the molecule is CC(C)C(=O)Nc1cccc(CN(C)C(=O)C(F)(F)F)c1. The van der Waals surface area contributed by atoms with Gasteiger partial charge in [-0.15, -0.1) is 0 Å². The second-order valence-corrected chi connectivity index (χ2v) is 5.00. The van der Waals surface area contributed by atoms with Crippen LogP contribution >= 0.6 is 0 Å². The van der Waals surface area contributed by atoms with Crippen LogP contribution in [0.2, 0.25) is 0 Å². The zero-order chi connectivity index (χ0) is 16.2. The van der Waals surface area contributed by atoms with Gasteiger partial charge in [0.1, 0.15) is 0 Å². The van der Waals surface area contributed by atoms with Gasteiger partial charge in [-0.3, -0.25) is 9.59 Å². The number of amides is 2. The van der Waals surface area contributed by atoms with Crippen molar-refractivity contribution in [3.05, 3.63) is 29.8 Å². The number of hydrogen-bond donors (Lipinski definition) is 1. The molecular weight excluding hydrogens is 285 g/mol. The fourth-order valence-electron chi connectivity index (χ4n) is 1.60. The van der Waals surface area contributed by atoms with E-state index in [0.29, 0.717) is 16.2 Å². The van der Waals surface area contributed by atoms with Crippen molar-refractivity contribution in [2.45, 2.75) is 26.6 Å². The van der Waals surface area contributed by atoms with Gasteiger partial charge in [0.15, 0.2) is 0 Å². The molecule has 1 N–H and O–H groups in total. The number of nitrogens with one attached hydrogen (secondary N) is 1. The van der Waals surface area contributed by atoms with Crippen molar-refractivity contribution in [3.63, 3.8) is 0 Å². The highest BCUT2D eigenvalue weighted by atomic mass is 19.4. The molecule has 0 aliphatic rings. The van der Waals surface area contributed by atoms with E-state index in [4.69, 9.17) is 0 Å². The number of anilines is 1. The Bertz CT molecular complexity index is 527. The van der Waals surface area contributed by atoms with Crippen molar-refractivity contribution in [2.75, 3.05) is 12.4 Å². The lowest BCUT2D eigenvalue weighted by Crippen LogP contribution is -2.37. The summed E-state index contributed by atoms with van der Waals surface area (Å²) in [5.41, 5.74) is 0.982. The van der Waals surface area contributed by atoms with Gasteiger partial charge in [0, 0.05) is 25.2 Å². The molecule has 0 aliphatic carbocycles. The first kappa shape index (κ1) is 17.0. The summed E-state index contributed by atoms with van der Waals surface area (Å²) in [6.45, 7) is 3.27. The third kappa shape index (κ3) is 5.09. The normalized spacial score (nSPS) is 11.4. The first-order valence-electron chi connectivity index (χ1n) is 6.33. The van der Waals surface area contributed by atoms with Crippen molar-refractivity contribution in [1.29, 1.82) is 0 Å². The van der Waals surface area contributed by atoms with Crippen LogP contribution in [0, 0.1) is 5.92 Å². The number of carbonyl (C=O) groups is 2. The summed E-state index contributed by atoms with van der Waals surface area (Å²) in [5.74, 6) is -2.30. The van der Waals surface area contributed by atoms with E-state index in [0.717, 1.165) is 7.05 Å². The lowest BCUT2D eigenvalue weighted by molar-refractivity contribution is -0.184. The zero-order valence-electron chi connectivity index (χ0n) is 12.0. The molecule has 0 bridgehead atoms. The highest BCUT2D eigenvalue weighted by Crippen LogP contribution is 2.20. The van der Waals surface area contributed by atoms with E-state index >= 15 is 0 Å². The third-order valence-corrected chi connectivity index (χ3v) is 2.73. The molecule has 4 nitrogen and oxygen atoms in total. The molecule has 0 aromatic heterocycles. The highest BCUT2D eigenvalue weighted by Gasteiger charge is 2.41. The van der Waals surface area contributed by atoms with Crippen LogP contribution in [0.1, 0.15) is 19.4 Å². The molecule has 1 rings (SSSR count). The highest BCUT2D eigenvalue weighted by molar-refractivity contribution is 5.92. The van der Waals surface area contributed by atoms with Crippen LogP contribution in [0.5, 0.6) is 0 Å². The van der Waals surface area contributed by atoms with E-state index in [-0.39, 0.29) is 18.4 Å². The molecule has 7 heteroatoms. The lowest BCUT2D eigenvalue weighted by atomic mass is 10.1. The predicted octanol–water partition coefficient (Wildman–Crippen LogP) is 2.80. The van der Waals surface area contributed by atoms with Crippen LogP contribution < -0.4 is 5.32 Å². The minimum Gasteiger partial charge on any atom is -0.334 e. The Hall–Kier alpha value is -2.05. The van der Waals surface area contributed by atoms with Gasteiger partial charge >= 0.3 is 12.1 Å². The second kappa shape index (κ2) is 6.60. The van der Waals surface area contributed by atoms with Crippen LogP contribution in [0.15, 0.2) is 24.3 Å². The molecule has 0 spiro atoms. The van der Waals surface area contributed by atoms with Crippen LogP contribution in [0.4, 0.5) is 18.9 Å².